The summed E-state index contributed by atoms with van der Waals surface area (Å²) in [5.41, 5.74) is 0. The van der Waals surface area contributed by atoms with Gasteiger partial charge in [0.15, 0.2) is 0 Å². The lowest BCUT2D eigenvalue weighted by atomic mass is 10.4. The summed E-state index contributed by atoms with van der Waals surface area (Å²) in [6.45, 7) is 1.21. The molecule has 18 heavy (non-hydrogen) atoms. The average Bonchev–Trinajstić information content (AvgIpc) is 2.77. The van der Waals surface area contributed by atoms with Crippen LogP contribution in [-0.2, 0) is 14.8 Å². The fourth-order valence-electron chi connectivity index (χ4n) is 1.05. The van der Waals surface area contributed by atoms with E-state index in [1.165, 1.54) is 25.4 Å². The number of carboxylic acids is 1. The smallest absolute Gasteiger partial charge is 0.321 e. The molecule has 0 fully saturated rings. The predicted octanol–water partition coefficient (Wildman–Crippen LogP) is -0.141. The topological polar surface area (TPSA) is 113 Å². The molecule has 0 aliphatic carbocycles. The Morgan fingerprint density at radius 1 is 1.44 bits per heavy atom. The molecule has 3 N–H and O–H groups in total. The van der Waals surface area contributed by atoms with Crippen molar-refractivity contribution in [2.45, 2.75) is 17.9 Å². The number of sulfonamides is 1. The largest absolute Gasteiger partial charge is 0.480 e. The van der Waals surface area contributed by atoms with E-state index >= 15 is 0 Å². The molecular formula is C9H12N2O5S2. The van der Waals surface area contributed by atoms with Crippen LogP contribution < -0.4 is 10.0 Å². The third kappa shape index (κ3) is 3.28. The molecule has 1 heterocycles. The molecule has 0 aromatic carbocycles. The van der Waals surface area contributed by atoms with Crippen molar-refractivity contribution >= 4 is 33.2 Å². The molecule has 0 saturated carbocycles. The number of hydrogen-bond donors (Lipinski definition) is 3. The van der Waals surface area contributed by atoms with Gasteiger partial charge in [-0.3, -0.25) is 9.59 Å². The lowest BCUT2D eigenvalue weighted by Gasteiger charge is -2.08. The van der Waals surface area contributed by atoms with E-state index in [1.807, 2.05) is 4.72 Å². The number of thiophene rings is 1. The second-order valence-corrected chi connectivity index (χ2v) is 6.03. The molecule has 7 nitrogen and oxygen atoms in total. The van der Waals surface area contributed by atoms with E-state index < -0.39 is 27.9 Å². The Morgan fingerprint density at radius 3 is 2.56 bits per heavy atom. The van der Waals surface area contributed by atoms with E-state index in [1.54, 1.807) is 0 Å². The van der Waals surface area contributed by atoms with Gasteiger partial charge in [-0.05, 0) is 13.0 Å². The molecule has 9 heteroatoms. The minimum atomic E-state index is -3.93. The van der Waals surface area contributed by atoms with Crippen molar-refractivity contribution in [1.82, 2.24) is 10.0 Å². The van der Waals surface area contributed by atoms with Gasteiger partial charge in [0, 0.05) is 12.4 Å². The number of carbonyl (C=O) groups excluding carboxylic acids is 1. The maximum Gasteiger partial charge on any atom is 0.321 e. The summed E-state index contributed by atoms with van der Waals surface area (Å²) in [4.78, 5) is 22.0. The van der Waals surface area contributed by atoms with Crippen LogP contribution in [0.15, 0.2) is 16.3 Å². The molecule has 0 aliphatic heterocycles. The summed E-state index contributed by atoms with van der Waals surface area (Å²) < 4.78 is 25.5. The van der Waals surface area contributed by atoms with Gasteiger partial charge >= 0.3 is 5.97 Å². The van der Waals surface area contributed by atoms with Crippen molar-refractivity contribution in [2.24, 2.45) is 0 Å². The van der Waals surface area contributed by atoms with Gasteiger partial charge in [-0.1, -0.05) is 0 Å². The Balaban J connectivity index is 2.96. The van der Waals surface area contributed by atoms with Crippen molar-refractivity contribution < 1.29 is 23.1 Å². The number of aliphatic carboxylic acids is 1. The molecule has 0 spiro atoms. The standard InChI is InChI=1S/C9H12N2O5S2/c1-5(9(13)14)11-18(15,16)6-3-7(17-4-6)8(12)10-2/h3-5,11H,1-2H3,(H,10,12)(H,13,14). The third-order valence-corrected chi connectivity index (χ3v) is 4.64. The van der Waals surface area contributed by atoms with E-state index in [9.17, 15) is 18.0 Å². The number of amides is 1. The molecule has 1 rings (SSSR count). The van der Waals surface area contributed by atoms with Crippen LogP contribution in [0.2, 0.25) is 0 Å². The number of nitrogens with one attached hydrogen (secondary N) is 2. The van der Waals surface area contributed by atoms with E-state index in [-0.39, 0.29) is 9.77 Å². The molecule has 100 valence electrons. The molecule has 0 radical (unpaired) electrons. The Kier molecular flexibility index (Phi) is 4.43. The highest BCUT2D eigenvalue weighted by atomic mass is 32.2. The number of carbonyl (C=O) groups is 2. The monoisotopic (exact) mass is 292 g/mol. The highest BCUT2D eigenvalue weighted by molar-refractivity contribution is 7.89. The second-order valence-electron chi connectivity index (χ2n) is 3.41. The summed E-state index contributed by atoms with van der Waals surface area (Å²) in [6, 6.07) is -0.0428. The van der Waals surface area contributed by atoms with E-state index in [4.69, 9.17) is 5.11 Å². The van der Waals surface area contributed by atoms with Crippen LogP contribution in [0.4, 0.5) is 0 Å². The molecule has 1 aromatic heterocycles. The lowest BCUT2D eigenvalue weighted by molar-refractivity contribution is -0.138. The van der Waals surface area contributed by atoms with Crippen LogP contribution in [-0.4, -0.2) is 38.5 Å². The quantitative estimate of drug-likeness (QED) is 0.699. The first-order valence-electron chi connectivity index (χ1n) is 4.83. The summed E-state index contributed by atoms with van der Waals surface area (Å²) in [6.07, 6.45) is 0. The van der Waals surface area contributed by atoms with E-state index in [2.05, 4.69) is 5.32 Å². The van der Waals surface area contributed by atoms with Gasteiger partial charge in [0.1, 0.15) is 6.04 Å². The first-order valence-corrected chi connectivity index (χ1v) is 7.20. The maximum atomic E-state index is 11.8. The molecule has 0 aliphatic rings. The van der Waals surface area contributed by atoms with Crippen LogP contribution >= 0.6 is 11.3 Å². The molecule has 1 unspecified atom stereocenters. The van der Waals surface area contributed by atoms with Crippen molar-refractivity contribution in [1.29, 1.82) is 0 Å². The van der Waals surface area contributed by atoms with Crippen LogP contribution in [0, 0.1) is 0 Å². The molecule has 0 bridgehead atoms. The summed E-state index contributed by atoms with van der Waals surface area (Å²) >= 11 is 0.966. The zero-order valence-electron chi connectivity index (χ0n) is 9.63. The summed E-state index contributed by atoms with van der Waals surface area (Å²) in [5, 5.41) is 12.3. The van der Waals surface area contributed by atoms with Crippen LogP contribution in [0.1, 0.15) is 16.6 Å². The molecule has 0 saturated heterocycles. The van der Waals surface area contributed by atoms with Gasteiger partial charge in [-0.15, -0.1) is 11.3 Å². The summed E-state index contributed by atoms with van der Waals surface area (Å²) in [5.74, 6) is -1.67. The zero-order valence-corrected chi connectivity index (χ0v) is 11.3. The number of carboxylic acid groups (broad SMARTS) is 1. The molecule has 1 atom stereocenters. The van der Waals surface area contributed by atoms with E-state index in [0.717, 1.165) is 11.3 Å². The second kappa shape index (κ2) is 5.46. The van der Waals surface area contributed by atoms with Crippen molar-refractivity contribution in [2.75, 3.05) is 7.05 Å². The number of hydrogen-bond acceptors (Lipinski definition) is 5. The zero-order chi connectivity index (χ0) is 13.9. The summed E-state index contributed by atoms with van der Waals surface area (Å²) in [7, 11) is -2.49. The Bertz CT molecular complexity index is 563. The molecule has 1 amide bonds. The minimum absolute atomic E-state index is 0.126. The number of rotatable bonds is 5. The molecular weight excluding hydrogens is 280 g/mol. The van der Waals surface area contributed by atoms with Gasteiger partial charge in [-0.25, -0.2) is 8.42 Å². The Hall–Kier alpha value is -1.45. The first kappa shape index (κ1) is 14.6. The maximum absolute atomic E-state index is 11.8. The first-order chi connectivity index (χ1) is 8.27. The predicted molar refractivity (Wildman–Crippen MR) is 65.1 cm³/mol. The fourth-order valence-corrected chi connectivity index (χ4v) is 3.47. The average molecular weight is 292 g/mol. The third-order valence-electron chi connectivity index (χ3n) is 2.04. The van der Waals surface area contributed by atoms with Crippen molar-refractivity contribution in [3.8, 4) is 0 Å². The normalized spacial score (nSPS) is 13.0. The van der Waals surface area contributed by atoms with E-state index in [0.29, 0.717) is 0 Å². The minimum Gasteiger partial charge on any atom is -0.480 e. The Labute approximate surface area is 108 Å². The van der Waals surface area contributed by atoms with Crippen molar-refractivity contribution in [3.05, 3.63) is 16.3 Å². The Morgan fingerprint density at radius 2 is 2.06 bits per heavy atom. The highest BCUT2D eigenvalue weighted by Gasteiger charge is 2.23. The fraction of sp³-hybridized carbons (Fsp3) is 0.333. The van der Waals surface area contributed by atoms with Gasteiger partial charge < -0.3 is 10.4 Å². The van der Waals surface area contributed by atoms with Gasteiger partial charge in [0.05, 0.1) is 9.77 Å². The van der Waals surface area contributed by atoms with Gasteiger partial charge in [0.2, 0.25) is 10.0 Å². The van der Waals surface area contributed by atoms with Crippen molar-refractivity contribution in [3.63, 3.8) is 0 Å². The van der Waals surface area contributed by atoms with Crippen LogP contribution in [0.3, 0.4) is 0 Å². The van der Waals surface area contributed by atoms with Crippen LogP contribution in [0.5, 0.6) is 0 Å². The van der Waals surface area contributed by atoms with Crippen LogP contribution in [0.25, 0.3) is 0 Å². The SMILES string of the molecule is CNC(=O)c1cc(S(=O)(=O)NC(C)C(=O)O)cs1. The van der Waals surface area contributed by atoms with Gasteiger partial charge in [0.25, 0.3) is 5.91 Å². The highest BCUT2D eigenvalue weighted by Crippen LogP contribution is 2.19. The lowest BCUT2D eigenvalue weighted by Crippen LogP contribution is -2.38. The molecule has 1 aromatic rings. The van der Waals surface area contributed by atoms with Gasteiger partial charge in [-0.2, -0.15) is 4.72 Å².